The van der Waals surface area contributed by atoms with E-state index < -0.39 is 0 Å². The van der Waals surface area contributed by atoms with E-state index in [2.05, 4.69) is 34.5 Å². The third-order valence-corrected chi connectivity index (χ3v) is 5.15. The number of nitrogens with one attached hydrogen (secondary N) is 1. The Balaban J connectivity index is 1.33. The van der Waals surface area contributed by atoms with Gasteiger partial charge < -0.3 is 5.32 Å². The molecule has 1 amide bonds. The summed E-state index contributed by atoms with van der Waals surface area (Å²) in [6, 6.07) is 18.1. The lowest BCUT2D eigenvalue weighted by Gasteiger charge is -2.01. The Hall–Kier alpha value is -3.25. The molecule has 0 aliphatic carbocycles. The van der Waals surface area contributed by atoms with Gasteiger partial charge in [0.2, 0.25) is 5.91 Å². The topological polar surface area (TPSA) is 59.8 Å². The van der Waals surface area contributed by atoms with Crippen molar-refractivity contribution in [1.29, 1.82) is 0 Å². The molecule has 0 spiro atoms. The van der Waals surface area contributed by atoms with Gasteiger partial charge in [0.05, 0.1) is 17.6 Å². The summed E-state index contributed by atoms with van der Waals surface area (Å²) in [7, 11) is 0. The number of hydrogen-bond acceptors (Lipinski definition) is 4. The second kappa shape index (κ2) is 8.19. The number of thiazole rings is 1. The van der Waals surface area contributed by atoms with Crippen molar-refractivity contribution in [1.82, 2.24) is 14.8 Å². The Kier molecular flexibility index (Phi) is 5.30. The zero-order valence-corrected chi connectivity index (χ0v) is 16.3. The smallest absolute Gasteiger partial charge is 0.226 e. The zero-order chi connectivity index (χ0) is 19.3. The van der Waals surface area contributed by atoms with Crippen molar-refractivity contribution in [3.05, 3.63) is 83.5 Å². The van der Waals surface area contributed by atoms with Crippen molar-refractivity contribution < 1.29 is 4.79 Å². The van der Waals surface area contributed by atoms with Crippen LogP contribution < -0.4 is 5.32 Å². The normalized spacial score (nSPS) is 10.8. The summed E-state index contributed by atoms with van der Waals surface area (Å²) < 4.78 is 1.82. The Morgan fingerprint density at radius 3 is 2.68 bits per heavy atom. The van der Waals surface area contributed by atoms with Crippen LogP contribution in [-0.4, -0.2) is 20.7 Å². The minimum atomic E-state index is -0.0442. The van der Waals surface area contributed by atoms with E-state index in [4.69, 9.17) is 0 Å². The minimum absolute atomic E-state index is 0.0442. The average molecular weight is 388 g/mol. The highest BCUT2D eigenvalue weighted by atomic mass is 32.1. The molecular formula is C22H20N4OS. The fourth-order valence-corrected chi connectivity index (χ4v) is 3.57. The van der Waals surface area contributed by atoms with E-state index in [9.17, 15) is 4.79 Å². The first-order valence-corrected chi connectivity index (χ1v) is 9.97. The molecule has 0 unspecified atom stereocenters. The number of carbonyl (C=O) groups excluding carboxylic acids is 1. The lowest BCUT2D eigenvalue weighted by molar-refractivity contribution is -0.116. The maximum absolute atomic E-state index is 12.3. The van der Waals surface area contributed by atoms with Crippen molar-refractivity contribution >= 4 is 22.4 Å². The van der Waals surface area contributed by atoms with Gasteiger partial charge in [0.15, 0.2) is 5.13 Å². The summed E-state index contributed by atoms with van der Waals surface area (Å²) in [6.07, 6.45) is 4.79. The third kappa shape index (κ3) is 4.35. The number of carbonyl (C=O) groups is 1. The quantitative estimate of drug-likeness (QED) is 0.512. The molecule has 2 aromatic heterocycles. The van der Waals surface area contributed by atoms with Gasteiger partial charge >= 0.3 is 0 Å². The summed E-state index contributed by atoms with van der Waals surface area (Å²) in [5.74, 6) is -0.0442. The van der Waals surface area contributed by atoms with E-state index >= 15 is 0 Å². The van der Waals surface area contributed by atoms with Gasteiger partial charge in [-0.25, -0.2) is 9.67 Å². The van der Waals surface area contributed by atoms with Gasteiger partial charge in [-0.05, 0) is 31.0 Å². The molecule has 2 aromatic carbocycles. The van der Waals surface area contributed by atoms with Crippen molar-refractivity contribution in [3.63, 3.8) is 0 Å². The SMILES string of the molecule is Cc1ccc(-c2csc(NC(=O)CCc3cnn(-c4ccccc4)c3)n2)cc1. The van der Waals surface area contributed by atoms with Crippen LogP contribution in [0.25, 0.3) is 16.9 Å². The van der Waals surface area contributed by atoms with Crippen molar-refractivity contribution in [2.45, 2.75) is 19.8 Å². The molecule has 0 bridgehead atoms. The minimum Gasteiger partial charge on any atom is -0.302 e. The van der Waals surface area contributed by atoms with Gasteiger partial charge in [-0.15, -0.1) is 11.3 Å². The summed E-state index contributed by atoms with van der Waals surface area (Å²) >= 11 is 1.44. The molecule has 0 atom stereocenters. The molecule has 6 heteroatoms. The highest BCUT2D eigenvalue weighted by molar-refractivity contribution is 7.14. The number of hydrogen-bond donors (Lipinski definition) is 1. The van der Waals surface area contributed by atoms with E-state index in [0.29, 0.717) is 18.0 Å². The number of benzene rings is 2. The van der Waals surface area contributed by atoms with E-state index in [1.165, 1.54) is 16.9 Å². The molecule has 140 valence electrons. The molecule has 0 radical (unpaired) electrons. The Morgan fingerprint density at radius 1 is 1.11 bits per heavy atom. The van der Waals surface area contributed by atoms with Gasteiger partial charge in [0.25, 0.3) is 0 Å². The molecule has 0 aliphatic rings. The van der Waals surface area contributed by atoms with Gasteiger partial charge in [-0.1, -0.05) is 48.0 Å². The highest BCUT2D eigenvalue weighted by Gasteiger charge is 2.09. The molecule has 0 saturated carbocycles. The standard InChI is InChI=1S/C22H20N4OS/c1-16-7-10-18(11-8-16)20-15-28-22(24-20)25-21(27)12-9-17-13-23-26(14-17)19-5-3-2-4-6-19/h2-8,10-11,13-15H,9,12H2,1H3,(H,24,25,27). The van der Waals surface area contributed by atoms with Gasteiger partial charge in [-0.2, -0.15) is 5.10 Å². The second-order valence-corrected chi connectivity index (χ2v) is 7.44. The first-order valence-electron chi connectivity index (χ1n) is 9.09. The van der Waals surface area contributed by atoms with Crippen LogP contribution in [0.5, 0.6) is 0 Å². The number of nitrogens with zero attached hydrogens (tertiary/aromatic N) is 3. The third-order valence-electron chi connectivity index (χ3n) is 4.40. The molecule has 28 heavy (non-hydrogen) atoms. The van der Waals surface area contributed by atoms with Crippen LogP contribution in [0, 0.1) is 6.92 Å². The summed E-state index contributed by atoms with van der Waals surface area (Å²) in [5, 5.41) is 9.85. The van der Waals surface area contributed by atoms with E-state index in [-0.39, 0.29) is 5.91 Å². The Bertz CT molecular complexity index is 1070. The second-order valence-electron chi connectivity index (χ2n) is 6.58. The predicted molar refractivity (Wildman–Crippen MR) is 113 cm³/mol. The molecule has 4 rings (SSSR count). The van der Waals surface area contributed by atoms with Gasteiger partial charge in [0, 0.05) is 23.6 Å². The first-order chi connectivity index (χ1) is 13.7. The fourth-order valence-electron chi connectivity index (χ4n) is 2.84. The van der Waals surface area contributed by atoms with Crippen molar-refractivity contribution in [2.24, 2.45) is 0 Å². The van der Waals surface area contributed by atoms with E-state index in [1.54, 1.807) is 6.20 Å². The summed E-state index contributed by atoms with van der Waals surface area (Å²) in [5.41, 5.74) is 5.17. The van der Waals surface area contributed by atoms with Gasteiger partial charge in [-0.3, -0.25) is 4.79 Å². The number of anilines is 1. The monoisotopic (exact) mass is 388 g/mol. The molecule has 2 heterocycles. The lowest BCUT2D eigenvalue weighted by Crippen LogP contribution is -2.12. The molecular weight excluding hydrogens is 368 g/mol. The number of aromatic nitrogens is 3. The van der Waals surface area contributed by atoms with Crippen LogP contribution in [0.3, 0.4) is 0 Å². The van der Waals surface area contributed by atoms with Crippen LogP contribution in [0.15, 0.2) is 72.4 Å². The molecule has 0 saturated heterocycles. The van der Waals surface area contributed by atoms with E-state index in [0.717, 1.165) is 22.5 Å². The number of aryl methyl sites for hydroxylation is 2. The lowest BCUT2D eigenvalue weighted by atomic mass is 10.1. The largest absolute Gasteiger partial charge is 0.302 e. The molecule has 1 N–H and O–H groups in total. The van der Waals surface area contributed by atoms with Crippen LogP contribution in [0.2, 0.25) is 0 Å². The Labute approximate surface area is 167 Å². The average Bonchev–Trinajstić information content (AvgIpc) is 3.37. The molecule has 0 aliphatic heterocycles. The van der Waals surface area contributed by atoms with Gasteiger partial charge in [0.1, 0.15) is 0 Å². The van der Waals surface area contributed by atoms with Crippen LogP contribution in [-0.2, 0) is 11.2 Å². The zero-order valence-electron chi connectivity index (χ0n) is 15.5. The summed E-state index contributed by atoms with van der Waals surface area (Å²) in [4.78, 5) is 16.8. The fraction of sp³-hybridized carbons (Fsp3) is 0.136. The molecule has 0 fully saturated rings. The Morgan fingerprint density at radius 2 is 1.89 bits per heavy atom. The van der Waals surface area contributed by atoms with E-state index in [1.807, 2.05) is 58.7 Å². The molecule has 4 aromatic rings. The predicted octanol–water partition coefficient (Wildman–Crippen LogP) is 4.88. The maximum atomic E-state index is 12.3. The summed E-state index contributed by atoms with van der Waals surface area (Å²) in [6.45, 7) is 2.06. The van der Waals surface area contributed by atoms with Crippen LogP contribution in [0.1, 0.15) is 17.5 Å². The van der Waals surface area contributed by atoms with Crippen LogP contribution in [0.4, 0.5) is 5.13 Å². The van der Waals surface area contributed by atoms with Crippen LogP contribution >= 0.6 is 11.3 Å². The number of para-hydroxylation sites is 1. The maximum Gasteiger partial charge on any atom is 0.226 e. The highest BCUT2D eigenvalue weighted by Crippen LogP contribution is 2.25. The molecule has 5 nitrogen and oxygen atoms in total. The van der Waals surface area contributed by atoms with Crippen molar-refractivity contribution in [2.75, 3.05) is 5.32 Å². The first kappa shape index (κ1) is 18.1. The number of amides is 1. The number of rotatable bonds is 6. The van der Waals surface area contributed by atoms with Crippen molar-refractivity contribution in [3.8, 4) is 16.9 Å².